The molecule has 0 aliphatic carbocycles. The van der Waals surface area contributed by atoms with Gasteiger partial charge in [0, 0.05) is 105 Å². The smallest absolute Gasteiger partial charge is 0.298 e. The molecule has 2 aliphatic rings. The number of primary amides is 1. The predicted molar refractivity (Wildman–Crippen MR) is 476 cm³/mol. The van der Waals surface area contributed by atoms with Gasteiger partial charge >= 0.3 is 0 Å². The number of amides is 12. The molecule has 0 radical (unpaired) electrons. The summed E-state index contributed by atoms with van der Waals surface area (Å²) in [4.78, 5) is 190. The number of imidazole rings is 1. The normalized spacial score (nSPS) is 15.1. The summed E-state index contributed by atoms with van der Waals surface area (Å²) in [7, 11) is 0. The number of benzene rings is 3. The van der Waals surface area contributed by atoms with Crippen molar-refractivity contribution in [1.29, 1.82) is 5.41 Å². The van der Waals surface area contributed by atoms with Crippen molar-refractivity contribution in [2.24, 2.45) is 17.4 Å². The van der Waals surface area contributed by atoms with Crippen LogP contribution in [-0.2, 0) is 115 Å². The molecule has 132 heavy (non-hydrogen) atoms. The number of guanidine groups is 1. The molecule has 9 atom stereocenters. The lowest BCUT2D eigenvalue weighted by molar-refractivity contribution is -0.142. The van der Waals surface area contributed by atoms with E-state index in [0.717, 1.165) is 35.5 Å². The lowest BCUT2D eigenvalue weighted by Crippen LogP contribution is -2.61. The molecule has 0 saturated carbocycles. The van der Waals surface area contributed by atoms with Crippen molar-refractivity contribution in [2.45, 2.75) is 204 Å². The number of carbonyl (C=O) groups excluding carboxylic acids is 13. The van der Waals surface area contributed by atoms with Gasteiger partial charge in [0.1, 0.15) is 77.4 Å². The number of nitrogens with two attached hydrogens (primary N) is 2. The second kappa shape index (κ2) is 53.5. The number of aromatic amines is 3. The quantitative estimate of drug-likeness (QED) is 0.00951. The lowest BCUT2D eigenvalue weighted by atomic mass is 10.00. The molecule has 2 aliphatic heterocycles. The van der Waals surface area contributed by atoms with Crippen LogP contribution in [0, 0.1) is 25.2 Å². The third-order valence-corrected chi connectivity index (χ3v) is 21.8. The van der Waals surface area contributed by atoms with E-state index in [-0.39, 0.29) is 166 Å². The number of H-pyrrole nitrogens is 3. The molecular weight excluding hydrogens is 1720 g/mol. The van der Waals surface area contributed by atoms with Crippen molar-refractivity contribution in [2.75, 3.05) is 85.6 Å². The highest BCUT2D eigenvalue weighted by atomic mass is 16.5. The Morgan fingerprint density at radius 3 is 1.92 bits per heavy atom. The van der Waals surface area contributed by atoms with Gasteiger partial charge in [0.05, 0.1) is 96.0 Å². The third-order valence-electron chi connectivity index (χ3n) is 21.8. The van der Waals surface area contributed by atoms with Crippen LogP contribution < -0.4 is 84.2 Å². The van der Waals surface area contributed by atoms with E-state index < -0.39 is 127 Å². The number of ether oxygens (including phenoxy) is 6. The van der Waals surface area contributed by atoms with Gasteiger partial charge in [-0.15, -0.1) is 5.10 Å². The van der Waals surface area contributed by atoms with Crippen LogP contribution in [0.5, 0.6) is 23.0 Å². The Labute approximate surface area is 762 Å². The van der Waals surface area contributed by atoms with Crippen LogP contribution in [0.3, 0.4) is 0 Å². The number of unbranched alkanes of at least 4 members (excludes halogenated alkanes) is 1. The third kappa shape index (κ3) is 34.0. The van der Waals surface area contributed by atoms with Crippen molar-refractivity contribution in [3.63, 3.8) is 0 Å². The van der Waals surface area contributed by atoms with Gasteiger partial charge in [0.25, 0.3) is 6.47 Å². The minimum atomic E-state index is -1.85. The molecule has 9 rings (SSSR count). The van der Waals surface area contributed by atoms with E-state index in [1.54, 1.807) is 67.2 Å². The van der Waals surface area contributed by atoms with E-state index in [1.807, 2.05) is 20.0 Å². The van der Waals surface area contributed by atoms with Gasteiger partial charge in [-0.1, -0.05) is 49.4 Å². The van der Waals surface area contributed by atoms with Crippen molar-refractivity contribution in [1.82, 2.24) is 104 Å². The monoisotopic (exact) mass is 1840 g/mol. The number of likely N-dealkylation sites (tertiary alicyclic amines) is 1. The van der Waals surface area contributed by atoms with Gasteiger partial charge in [-0.25, -0.2) is 9.67 Å². The largest absolute Gasteiger partial charge is 0.508 e. The fourth-order valence-corrected chi connectivity index (χ4v) is 15.0. The molecule has 4 aromatic heterocycles. The average molecular weight is 1840 g/mol. The number of hydrogen-bond donors (Lipinski definition) is 19. The zero-order chi connectivity index (χ0) is 94.9. The average Bonchev–Trinajstić information content (AvgIpc) is 1.66. The van der Waals surface area contributed by atoms with E-state index in [2.05, 4.69) is 93.9 Å². The number of phenols is 1. The molecule has 7 aromatic rings. The number of aromatic hydroxyl groups is 1. The minimum Gasteiger partial charge on any atom is -0.508 e. The van der Waals surface area contributed by atoms with Crippen molar-refractivity contribution in [3.05, 3.63) is 131 Å². The Kier molecular flexibility index (Phi) is 41.4. The van der Waals surface area contributed by atoms with Gasteiger partial charge in [-0.2, -0.15) is 5.10 Å². The second-order valence-corrected chi connectivity index (χ2v) is 32.5. The summed E-state index contributed by atoms with van der Waals surface area (Å²) in [6.07, 6.45) is 9.51. The number of fused-ring (bicyclic) bond motifs is 1. The summed E-state index contributed by atoms with van der Waals surface area (Å²) in [6, 6.07) is 5.06. The van der Waals surface area contributed by atoms with Crippen LogP contribution >= 0.6 is 0 Å². The maximum Gasteiger partial charge on any atom is 0.298 e. The maximum atomic E-state index is 15.2. The van der Waals surface area contributed by atoms with Crippen LogP contribution in [0.1, 0.15) is 137 Å². The van der Waals surface area contributed by atoms with Crippen LogP contribution in [0.4, 0.5) is 0 Å². The van der Waals surface area contributed by atoms with E-state index in [1.165, 1.54) is 41.7 Å². The van der Waals surface area contributed by atoms with E-state index in [9.17, 15) is 63.0 Å². The van der Waals surface area contributed by atoms with Crippen molar-refractivity contribution in [3.8, 4) is 23.0 Å². The number of para-hydroxylation sites is 1. The summed E-state index contributed by atoms with van der Waals surface area (Å²) < 4.78 is 35.8. The molecule has 6 heterocycles. The number of aliphatic hydroxyl groups excluding tert-OH is 1. The Morgan fingerprint density at radius 1 is 0.644 bits per heavy atom. The highest BCUT2D eigenvalue weighted by Crippen LogP contribution is 2.29. The molecular formula is C88H123N23O21. The molecule has 12 amide bonds. The number of nitrogens with zero attached hydrogens (tertiary/aromatic N) is 6. The molecule has 21 N–H and O–H groups in total. The molecule has 716 valence electrons. The van der Waals surface area contributed by atoms with Crippen LogP contribution in [0.15, 0.2) is 91.6 Å². The molecule has 2 saturated heterocycles. The predicted octanol–water partition coefficient (Wildman–Crippen LogP) is -0.893. The molecule has 2 fully saturated rings. The molecule has 3 aromatic carbocycles. The number of nitrogens with one attached hydrogen (secondary N) is 15. The fraction of sp³-hybridized carbons (Fsp3) is 0.523. The van der Waals surface area contributed by atoms with E-state index in [4.69, 9.17) is 45.3 Å². The summed E-state index contributed by atoms with van der Waals surface area (Å²) >= 11 is 0. The fourth-order valence-electron chi connectivity index (χ4n) is 15.0. The topological polar surface area (TPSA) is 633 Å². The Morgan fingerprint density at radius 2 is 1.27 bits per heavy atom. The van der Waals surface area contributed by atoms with Gasteiger partial charge in [0.15, 0.2) is 5.96 Å². The number of hydrogen-bond acceptors (Lipinski definition) is 26. The summed E-state index contributed by atoms with van der Waals surface area (Å²) in [5.41, 5.74) is 16.7. The molecule has 44 nitrogen and oxygen atoms in total. The molecule has 0 spiro atoms. The molecule has 44 heteroatoms. The first-order valence-corrected chi connectivity index (χ1v) is 44.3. The first-order chi connectivity index (χ1) is 63.6. The van der Waals surface area contributed by atoms with Crippen molar-refractivity contribution < 1.29 is 101 Å². The summed E-state index contributed by atoms with van der Waals surface area (Å²) in [5, 5.41) is 74.7. The zero-order valence-electron chi connectivity index (χ0n) is 74.6. The standard InChI is InChI=1S/C88H123N23O21/c1-53(2)39-70(81(120)100-69(18-9-28-94-88(90)91)87(126)111-29-10-19-75(111)86(125)96-48-76(89)115)101-79(118)67(17-7-8-27-93-77(116)26-33-127-35-37-129-38-36-128-34-30-110-49-58(108-109-110)13-11-31-130-61-43-62(45-63(44-61)132-52-113)131-32-12-15-64-54(3)106-107-55(64)4)99-82(121)71(40-56-20-22-60(114)23-21-56)102-85(124)74(50-112)105-83(122)72(41-57-46-95-66-16-6-5-14-65(57)66)103-84(123)73(42-59-47-92-51-97-59)104-80(119)68-24-25-78(117)98-68/h5-6,14,16,20-23,43-47,49,51-53,67-75,95,112,114H,7-13,15,17-19,24-42,48,50H2,1-4H3,(H2,89,115)(H,92,97)(H,93,116)(H,96,125)(H,98,117)(H,99,121)(H,100,120)(H,101,118)(H,102,124)(H,103,123)(H,104,119)(H,105,122)(H,106,107)(H4,90,91,94). The summed E-state index contributed by atoms with van der Waals surface area (Å²) in [6.45, 7) is 9.14. The van der Waals surface area contributed by atoms with Crippen LogP contribution in [0.2, 0.25) is 0 Å². The molecule has 9 unspecified atom stereocenters. The van der Waals surface area contributed by atoms with Gasteiger partial charge in [-0.05, 0) is 138 Å². The van der Waals surface area contributed by atoms with Gasteiger partial charge in [-0.3, -0.25) is 72.8 Å². The Bertz CT molecular complexity index is 4950. The number of carbonyl (C=O) groups is 13. The summed E-state index contributed by atoms with van der Waals surface area (Å²) in [5.74, 6) is -8.72. The lowest BCUT2D eigenvalue weighted by Gasteiger charge is -2.31. The Hall–Kier alpha value is -13.6. The molecule has 0 bridgehead atoms. The highest BCUT2D eigenvalue weighted by molar-refractivity contribution is 6.00. The first-order valence-electron chi connectivity index (χ1n) is 44.3. The number of aliphatic hydroxyl groups is 1. The van der Waals surface area contributed by atoms with Crippen molar-refractivity contribution >= 4 is 94.2 Å². The van der Waals surface area contributed by atoms with Crippen LogP contribution in [0.25, 0.3) is 10.9 Å². The van der Waals surface area contributed by atoms with Gasteiger partial charge < -0.3 is 123 Å². The zero-order valence-corrected chi connectivity index (χ0v) is 74.6. The van der Waals surface area contributed by atoms with Crippen LogP contribution in [-0.4, -0.2) is 279 Å². The SMILES string of the molecule is Cc1n[nH]c(C)c1CCCOc1cc(OC=O)cc(OCCCc2cn(CCOCCOCCOCCC(=O)NCCCCC(NC(=O)C(Cc3ccc(O)cc3)NC(=O)C(CO)NC(=O)C(Cc3c[nH]c4ccccc34)NC(=O)C(Cc3c[nH]cn3)NC(=O)C3CCC(=O)N3)C(=O)NC(CC(C)C)C(=O)NC(CCCNC(=N)N)C(=O)N3CCCC3C(=O)NCC(N)=O)nn2)c1. The minimum absolute atomic E-state index is 0.0250. The highest BCUT2D eigenvalue weighted by Gasteiger charge is 2.41. The number of aromatic nitrogens is 8. The Balaban J connectivity index is 0.801. The van der Waals surface area contributed by atoms with Gasteiger partial charge in [0.2, 0.25) is 70.9 Å². The van der Waals surface area contributed by atoms with E-state index >= 15 is 9.59 Å². The second-order valence-electron chi connectivity index (χ2n) is 32.5. The van der Waals surface area contributed by atoms with E-state index in [0.29, 0.717) is 97.1 Å². The first kappa shape index (κ1) is 102. The number of rotatable bonds is 60. The maximum absolute atomic E-state index is 15.2. The number of phenolic OH excluding ortho intramolecular Hbond substituents is 1. The number of aryl methyl sites for hydroxylation is 3.